The molecule has 0 N–H and O–H groups in total. The van der Waals surface area contributed by atoms with Gasteiger partial charge in [0.15, 0.2) is 11.6 Å². The number of hydrogen-bond donors (Lipinski definition) is 0. The van der Waals surface area contributed by atoms with E-state index in [-0.39, 0.29) is 5.92 Å². The summed E-state index contributed by atoms with van der Waals surface area (Å²) in [7, 11) is 0. The Balaban J connectivity index is 1.65. The van der Waals surface area contributed by atoms with Gasteiger partial charge in [-0.1, -0.05) is 24.6 Å². The van der Waals surface area contributed by atoms with E-state index in [0.717, 1.165) is 49.0 Å². The number of para-hydroxylation sites is 1. The van der Waals surface area contributed by atoms with Gasteiger partial charge in [0.05, 0.1) is 11.6 Å². The van der Waals surface area contributed by atoms with Crippen molar-refractivity contribution in [2.75, 3.05) is 0 Å². The summed E-state index contributed by atoms with van der Waals surface area (Å²) in [5, 5.41) is 17.2. The standard InChI is InChI=1S/C17H19N7/c1-2-6-13(7-3-1)24-16(18-15(20-24)12-9-10-12)14-8-4-5-11-23-17(14)19-21-22-23/h1-3,6-7,12,14H,4-5,8-11H2/t14-/m0/s1. The Morgan fingerprint density at radius 2 is 1.83 bits per heavy atom. The molecule has 1 fully saturated rings. The molecule has 0 amide bonds. The zero-order valence-corrected chi connectivity index (χ0v) is 13.4. The minimum absolute atomic E-state index is 0.0997. The number of aromatic nitrogens is 7. The van der Waals surface area contributed by atoms with Crippen LogP contribution in [0.15, 0.2) is 30.3 Å². The van der Waals surface area contributed by atoms with Gasteiger partial charge in [-0.2, -0.15) is 5.10 Å². The molecule has 2 aromatic heterocycles. The number of fused-ring (bicyclic) bond motifs is 1. The number of aryl methyl sites for hydroxylation is 1. The van der Waals surface area contributed by atoms with Crippen LogP contribution in [-0.2, 0) is 6.54 Å². The molecular formula is C17H19N7. The Labute approximate surface area is 139 Å². The first-order chi connectivity index (χ1) is 11.9. The van der Waals surface area contributed by atoms with Crippen molar-refractivity contribution < 1.29 is 0 Å². The Bertz CT molecular complexity index is 847. The minimum atomic E-state index is 0.0997. The minimum Gasteiger partial charge on any atom is -0.229 e. The molecule has 3 aromatic rings. The molecule has 1 atom stereocenters. The van der Waals surface area contributed by atoms with Gasteiger partial charge in [0, 0.05) is 12.5 Å². The molecule has 3 heterocycles. The van der Waals surface area contributed by atoms with Crippen LogP contribution in [0.3, 0.4) is 0 Å². The van der Waals surface area contributed by atoms with Crippen molar-refractivity contribution in [1.29, 1.82) is 0 Å². The predicted molar refractivity (Wildman–Crippen MR) is 86.8 cm³/mol. The summed E-state index contributed by atoms with van der Waals surface area (Å²) in [4.78, 5) is 4.94. The zero-order valence-electron chi connectivity index (χ0n) is 13.4. The first-order valence-electron chi connectivity index (χ1n) is 8.68. The number of benzene rings is 1. The Morgan fingerprint density at radius 1 is 0.958 bits per heavy atom. The topological polar surface area (TPSA) is 74.3 Å². The van der Waals surface area contributed by atoms with Crippen molar-refractivity contribution in [3.8, 4) is 5.69 Å². The molecule has 0 saturated heterocycles. The van der Waals surface area contributed by atoms with Crippen LogP contribution in [0.2, 0.25) is 0 Å². The van der Waals surface area contributed by atoms with E-state index in [0.29, 0.717) is 5.92 Å². The molecule has 0 unspecified atom stereocenters. The van der Waals surface area contributed by atoms with Gasteiger partial charge >= 0.3 is 0 Å². The first kappa shape index (κ1) is 13.8. The molecule has 2 aliphatic rings. The van der Waals surface area contributed by atoms with E-state index in [4.69, 9.17) is 10.1 Å². The summed E-state index contributed by atoms with van der Waals surface area (Å²) in [6.45, 7) is 0.883. The third-order valence-corrected chi connectivity index (χ3v) is 4.89. The van der Waals surface area contributed by atoms with Crippen LogP contribution < -0.4 is 0 Å². The van der Waals surface area contributed by atoms with Gasteiger partial charge in [-0.25, -0.2) is 14.3 Å². The number of rotatable bonds is 3. The molecule has 1 saturated carbocycles. The average molecular weight is 321 g/mol. The second-order valence-electron chi connectivity index (χ2n) is 6.66. The Morgan fingerprint density at radius 3 is 2.67 bits per heavy atom. The second-order valence-corrected chi connectivity index (χ2v) is 6.66. The largest absolute Gasteiger partial charge is 0.229 e. The summed E-state index contributed by atoms with van der Waals surface area (Å²) < 4.78 is 3.93. The summed E-state index contributed by atoms with van der Waals surface area (Å²) >= 11 is 0. The predicted octanol–water partition coefficient (Wildman–Crippen LogP) is 2.45. The third-order valence-electron chi connectivity index (χ3n) is 4.89. The van der Waals surface area contributed by atoms with Gasteiger partial charge in [0.1, 0.15) is 5.82 Å². The Kier molecular flexibility index (Phi) is 3.17. The summed E-state index contributed by atoms with van der Waals surface area (Å²) in [6, 6.07) is 10.3. The van der Waals surface area contributed by atoms with Gasteiger partial charge in [0.2, 0.25) is 0 Å². The van der Waals surface area contributed by atoms with Crippen LogP contribution in [0.25, 0.3) is 5.69 Å². The Hall–Kier alpha value is -2.57. The molecule has 0 spiro atoms. The van der Waals surface area contributed by atoms with Gasteiger partial charge in [-0.05, 0) is 48.2 Å². The molecule has 0 radical (unpaired) electrons. The smallest absolute Gasteiger partial charge is 0.161 e. The van der Waals surface area contributed by atoms with Crippen LogP contribution in [0, 0.1) is 0 Å². The second kappa shape index (κ2) is 5.51. The van der Waals surface area contributed by atoms with E-state index < -0.39 is 0 Å². The maximum atomic E-state index is 4.94. The molecule has 7 heteroatoms. The van der Waals surface area contributed by atoms with Crippen molar-refractivity contribution in [2.45, 2.75) is 50.5 Å². The lowest BCUT2D eigenvalue weighted by Gasteiger charge is -2.13. The molecule has 24 heavy (non-hydrogen) atoms. The van der Waals surface area contributed by atoms with Crippen molar-refractivity contribution in [3.05, 3.63) is 47.8 Å². The highest BCUT2D eigenvalue weighted by atomic mass is 15.5. The molecule has 0 bridgehead atoms. The maximum absolute atomic E-state index is 4.94. The number of nitrogens with zero attached hydrogens (tertiary/aromatic N) is 7. The van der Waals surface area contributed by atoms with Gasteiger partial charge in [-0.3, -0.25) is 0 Å². The molecule has 5 rings (SSSR count). The molecule has 7 nitrogen and oxygen atoms in total. The quantitative estimate of drug-likeness (QED) is 0.741. The van der Waals surface area contributed by atoms with Crippen LogP contribution in [0.1, 0.15) is 61.4 Å². The molecule has 1 aliphatic heterocycles. The normalized spacial score (nSPS) is 20.6. The fourth-order valence-electron chi connectivity index (χ4n) is 3.44. The average Bonchev–Trinajstić information content (AvgIpc) is 3.28. The highest BCUT2D eigenvalue weighted by Crippen LogP contribution is 2.40. The fourth-order valence-corrected chi connectivity index (χ4v) is 3.44. The van der Waals surface area contributed by atoms with E-state index >= 15 is 0 Å². The van der Waals surface area contributed by atoms with Crippen molar-refractivity contribution >= 4 is 0 Å². The van der Waals surface area contributed by atoms with E-state index in [2.05, 4.69) is 27.7 Å². The molecule has 122 valence electrons. The monoisotopic (exact) mass is 321 g/mol. The summed E-state index contributed by atoms with van der Waals surface area (Å²) in [5.74, 6) is 3.48. The van der Waals surface area contributed by atoms with E-state index in [9.17, 15) is 0 Å². The van der Waals surface area contributed by atoms with Crippen molar-refractivity contribution in [2.24, 2.45) is 0 Å². The van der Waals surface area contributed by atoms with Gasteiger partial charge in [-0.15, -0.1) is 5.10 Å². The van der Waals surface area contributed by atoms with Gasteiger partial charge < -0.3 is 0 Å². The van der Waals surface area contributed by atoms with Crippen molar-refractivity contribution in [3.63, 3.8) is 0 Å². The van der Waals surface area contributed by atoms with E-state index in [1.807, 2.05) is 27.6 Å². The lowest BCUT2D eigenvalue weighted by Crippen LogP contribution is -2.14. The lowest BCUT2D eigenvalue weighted by molar-refractivity contribution is 0.556. The van der Waals surface area contributed by atoms with E-state index in [1.165, 1.54) is 12.8 Å². The highest BCUT2D eigenvalue weighted by Gasteiger charge is 2.33. The third kappa shape index (κ3) is 2.31. The molecular weight excluding hydrogens is 302 g/mol. The van der Waals surface area contributed by atoms with Gasteiger partial charge in [0.25, 0.3) is 0 Å². The van der Waals surface area contributed by atoms with E-state index in [1.54, 1.807) is 0 Å². The number of hydrogen-bond acceptors (Lipinski definition) is 5. The van der Waals surface area contributed by atoms with Crippen LogP contribution in [0.4, 0.5) is 0 Å². The summed E-state index contributed by atoms with van der Waals surface area (Å²) in [6.07, 6.45) is 5.64. The molecule has 1 aromatic carbocycles. The fraction of sp³-hybridized carbons (Fsp3) is 0.471. The zero-order chi connectivity index (χ0) is 15.9. The SMILES string of the molecule is c1ccc(-n2nc(C3CC3)nc2[C@@H]2CCCCn3nnnc32)cc1. The van der Waals surface area contributed by atoms with Crippen LogP contribution in [-0.4, -0.2) is 35.0 Å². The van der Waals surface area contributed by atoms with Crippen LogP contribution in [0.5, 0.6) is 0 Å². The molecule has 1 aliphatic carbocycles. The maximum Gasteiger partial charge on any atom is 0.161 e. The van der Waals surface area contributed by atoms with Crippen LogP contribution >= 0.6 is 0 Å². The first-order valence-corrected chi connectivity index (χ1v) is 8.68. The lowest BCUT2D eigenvalue weighted by atomic mass is 10.0. The van der Waals surface area contributed by atoms with Crippen molar-refractivity contribution in [1.82, 2.24) is 35.0 Å². The number of tetrazole rings is 1. The highest BCUT2D eigenvalue weighted by molar-refractivity contribution is 5.33. The summed E-state index contributed by atoms with van der Waals surface area (Å²) in [5.41, 5.74) is 1.05.